The molecule has 1 saturated carbocycles. The third-order valence-corrected chi connectivity index (χ3v) is 5.85. The van der Waals surface area contributed by atoms with E-state index in [4.69, 9.17) is 5.11 Å². The van der Waals surface area contributed by atoms with Gasteiger partial charge in [0.25, 0.3) is 0 Å². The highest BCUT2D eigenvalue weighted by molar-refractivity contribution is 5.83. The first-order valence-electron chi connectivity index (χ1n) is 8.40. The van der Waals surface area contributed by atoms with Gasteiger partial charge in [-0.1, -0.05) is 30.3 Å². The summed E-state index contributed by atoms with van der Waals surface area (Å²) in [7, 11) is 4.19. The topological polar surface area (TPSA) is 72.9 Å². The number of carbonyl (C=O) groups excluding carboxylic acids is 1. The van der Waals surface area contributed by atoms with E-state index in [-0.39, 0.29) is 23.7 Å². The quantitative estimate of drug-likeness (QED) is 0.883. The van der Waals surface area contributed by atoms with E-state index < -0.39 is 5.97 Å². The molecule has 0 radical (unpaired) electrons. The molecule has 0 aromatic heterocycles. The summed E-state index contributed by atoms with van der Waals surface area (Å²) in [5, 5.41) is 12.0. The van der Waals surface area contributed by atoms with E-state index in [0.717, 1.165) is 25.7 Å². The fourth-order valence-corrected chi connectivity index (χ4v) is 4.34. The van der Waals surface area contributed by atoms with Gasteiger partial charge in [0.05, 0.1) is 5.54 Å². The number of carbonyl (C=O) groups is 2. The molecule has 1 saturated heterocycles. The molecule has 130 valence electrons. The third-order valence-electron chi connectivity index (χ3n) is 5.85. The summed E-state index contributed by atoms with van der Waals surface area (Å²) >= 11 is 0. The number of carboxylic acid groups (broad SMARTS) is 1. The fourth-order valence-electron chi connectivity index (χ4n) is 4.34. The van der Waals surface area contributed by atoms with Crippen LogP contribution in [-0.2, 0) is 10.3 Å². The Labute approximate surface area is 142 Å². The van der Waals surface area contributed by atoms with Gasteiger partial charge in [0.2, 0.25) is 0 Å². The molecule has 1 aliphatic heterocycles. The van der Waals surface area contributed by atoms with Crippen LogP contribution in [0.2, 0.25) is 0 Å². The molecule has 2 aliphatic rings. The van der Waals surface area contributed by atoms with Gasteiger partial charge in [-0.2, -0.15) is 0 Å². The monoisotopic (exact) mass is 331 g/mol. The van der Waals surface area contributed by atoms with Crippen molar-refractivity contribution in [1.82, 2.24) is 15.1 Å². The summed E-state index contributed by atoms with van der Waals surface area (Å²) in [5.74, 6) is -0.959. The molecule has 2 fully saturated rings. The molecule has 2 N–H and O–H groups in total. The smallest absolute Gasteiger partial charge is 0.323 e. The molecule has 2 amide bonds. The van der Waals surface area contributed by atoms with Gasteiger partial charge < -0.3 is 15.3 Å². The fraction of sp³-hybridized carbons (Fsp3) is 0.556. The van der Waals surface area contributed by atoms with Gasteiger partial charge in [0.1, 0.15) is 6.54 Å². The molecule has 6 heteroatoms. The number of hydrogen-bond acceptors (Lipinski definition) is 3. The molecule has 1 aliphatic carbocycles. The molecule has 1 aromatic rings. The summed E-state index contributed by atoms with van der Waals surface area (Å²) < 4.78 is 0. The van der Waals surface area contributed by atoms with Crippen LogP contribution < -0.4 is 5.32 Å². The Morgan fingerprint density at radius 3 is 2.38 bits per heavy atom. The number of aliphatic carboxylic acids is 1. The Kier molecular flexibility index (Phi) is 4.25. The van der Waals surface area contributed by atoms with E-state index in [1.165, 1.54) is 10.5 Å². The second kappa shape index (κ2) is 6.09. The molecule has 1 heterocycles. The molecule has 24 heavy (non-hydrogen) atoms. The van der Waals surface area contributed by atoms with Gasteiger partial charge in [0, 0.05) is 12.1 Å². The summed E-state index contributed by atoms with van der Waals surface area (Å²) in [6.45, 7) is 0.309. The molecule has 0 bridgehead atoms. The summed E-state index contributed by atoms with van der Waals surface area (Å²) in [6.07, 6.45) is 3.39. The van der Waals surface area contributed by atoms with E-state index in [9.17, 15) is 9.59 Å². The number of amides is 2. The average molecular weight is 331 g/mol. The predicted octanol–water partition coefficient (Wildman–Crippen LogP) is 1.87. The van der Waals surface area contributed by atoms with Crippen molar-refractivity contribution in [1.29, 1.82) is 0 Å². The van der Waals surface area contributed by atoms with Crippen molar-refractivity contribution in [2.45, 2.75) is 36.8 Å². The van der Waals surface area contributed by atoms with Crippen LogP contribution in [0.5, 0.6) is 0 Å². The van der Waals surface area contributed by atoms with Gasteiger partial charge >= 0.3 is 12.0 Å². The van der Waals surface area contributed by atoms with E-state index in [2.05, 4.69) is 48.6 Å². The highest BCUT2D eigenvalue weighted by Crippen LogP contribution is 2.47. The Hall–Kier alpha value is -2.08. The van der Waals surface area contributed by atoms with Crippen LogP contribution in [0.25, 0.3) is 0 Å². The van der Waals surface area contributed by atoms with Crippen LogP contribution in [0.1, 0.15) is 31.2 Å². The molecule has 1 spiro atoms. The van der Waals surface area contributed by atoms with E-state index in [0.29, 0.717) is 6.54 Å². The van der Waals surface area contributed by atoms with Crippen molar-refractivity contribution in [3.63, 3.8) is 0 Å². The van der Waals surface area contributed by atoms with Crippen LogP contribution in [0.15, 0.2) is 30.3 Å². The van der Waals surface area contributed by atoms with Crippen LogP contribution >= 0.6 is 0 Å². The highest BCUT2D eigenvalue weighted by Gasteiger charge is 2.52. The van der Waals surface area contributed by atoms with Crippen LogP contribution in [-0.4, -0.2) is 59.6 Å². The van der Waals surface area contributed by atoms with Gasteiger partial charge in [0.15, 0.2) is 0 Å². The molecular weight excluding hydrogens is 306 g/mol. The van der Waals surface area contributed by atoms with Gasteiger partial charge in [-0.15, -0.1) is 0 Å². The maximum atomic E-state index is 12.1. The Balaban J connectivity index is 1.85. The van der Waals surface area contributed by atoms with E-state index in [1.807, 2.05) is 6.07 Å². The normalized spacial score (nSPS) is 30.0. The lowest BCUT2D eigenvalue weighted by Gasteiger charge is -2.50. The Morgan fingerprint density at radius 2 is 1.83 bits per heavy atom. The standard InChI is InChI=1S/C18H25N3O3/c1-20(2)18(14-6-4-3-5-7-14)10-8-17(9-11-18)13-19-16(24)21(17)12-15(22)23/h3-7H,8-13H2,1-2H3,(H,19,24)(H,22,23)/t17-,18+. The van der Waals surface area contributed by atoms with E-state index in [1.54, 1.807) is 0 Å². The maximum Gasteiger partial charge on any atom is 0.323 e. The summed E-state index contributed by atoms with van der Waals surface area (Å²) in [5.41, 5.74) is 0.850. The van der Waals surface area contributed by atoms with E-state index >= 15 is 0 Å². The Morgan fingerprint density at radius 1 is 1.21 bits per heavy atom. The second-order valence-corrected chi connectivity index (χ2v) is 7.15. The lowest BCUT2D eigenvalue weighted by Crippen LogP contribution is -2.56. The van der Waals surface area contributed by atoms with Gasteiger partial charge in [-0.05, 0) is 45.3 Å². The number of rotatable bonds is 4. The maximum absolute atomic E-state index is 12.1. The van der Waals surface area contributed by atoms with Crippen molar-refractivity contribution in [3.05, 3.63) is 35.9 Å². The number of nitrogens with zero attached hydrogens (tertiary/aromatic N) is 2. The van der Waals surface area contributed by atoms with Gasteiger partial charge in [-0.3, -0.25) is 9.69 Å². The second-order valence-electron chi connectivity index (χ2n) is 7.15. The highest BCUT2D eigenvalue weighted by atomic mass is 16.4. The van der Waals surface area contributed by atoms with Crippen LogP contribution in [0.3, 0.4) is 0 Å². The number of carboxylic acids is 1. The van der Waals surface area contributed by atoms with Crippen molar-refractivity contribution in [3.8, 4) is 0 Å². The Bertz CT molecular complexity index is 622. The first kappa shape index (κ1) is 16.8. The van der Waals surface area contributed by atoms with Gasteiger partial charge in [-0.25, -0.2) is 4.79 Å². The summed E-state index contributed by atoms with van der Waals surface area (Å²) in [6, 6.07) is 10.2. The lowest BCUT2D eigenvalue weighted by atomic mass is 9.68. The molecular formula is C18H25N3O3. The number of benzene rings is 1. The van der Waals surface area contributed by atoms with Crippen LogP contribution in [0, 0.1) is 0 Å². The molecule has 0 atom stereocenters. The minimum atomic E-state index is -0.959. The SMILES string of the molecule is CN(C)[C@]1(c2ccccc2)CC[C@]2(CC1)CNC(=O)N2CC(=O)O. The van der Waals surface area contributed by atoms with Crippen LogP contribution in [0.4, 0.5) is 4.79 Å². The van der Waals surface area contributed by atoms with Crippen molar-refractivity contribution < 1.29 is 14.7 Å². The first-order valence-corrected chi connectivity index (χ1v) is 8.40. The lowest BCUT2D eigenvalue weighted by molar-refractivity contribution is -0.139. The first-order chi connectivity index (χ1) is 11.4. The third kappa shape index (κ3) is 2.65. The van der Waals surface area contributed by atoms with Crippen molar-refractivity contribution in [2.75, 3.05) is 27.2 Å². The molecule has 0 unspecified atom stereocenters. The number of hydrogen-bond donors (Lipinski definition) is 2. The number of urea groups is 1. The van der Waals surface area contributed by atoms with Crippen molar-refractivity contribution >= 4 is 12.0 Å². The van der Waals surface area contributed by atoms with Crippen molar-refractivity contribution in [2.24, 2.45) is 0 Å². The minimum absolute atomic E-state index is 0.0625. The zero-order chi connectivity index (χ0) is 17.4. The predicted molar refractivity (Wildman–Crippen MR) is 90.7 cm³/mol. The zero-order valence-electron chi connectivity index (χ0n) is 14.3. The minimum Gasteiger partial charge on any atom is -0.480 e. The number of nitrogens with one attached hydrogen (secondary N) is 1. The average Bonchev–Trinajstić information content (AvgIpc) is 2.86. The molecule has 3 rings (SSSR count). The largest absolute Gasteiger partial charge is 0.480 e. The summed E-state index contributed by atoms with van der Waals surface area (Å²) in [4.78, 5) is 27.0. The molecule has 1 aromatic carbocycles. The zero-order valence-corrected chi connectivity index (χ0v) is 14.3. The molecule has 6 nitrogen and oxygen atoms in total.